The SMILES string of the molecule is C[C@H](NC(=O)CCCCCCCCCCCC(=O)N[C@@H](C)C1CCCCC1)C1CCCCC1. The highest BCUT2D eigenvalue weighted by Gasteiger charge is 2.22. The van der Waals surface area contributed by atoms with Crippen LogP contribution in [0.1, 0.15) is 149 Å². The number of unbranched alkanes of at least 4 members (excludes halogenated alkanes) is 8. The average Bonchev–Trinajstić information content (AvgIpc) is 2.83. The van der Waals surface area contributed by atoms with Crippen LogP contribution in [-0.4, -0.2) is 23.9 Å². The standard InChI is InChI=1S/C29H54N2O2/c1-24(26-18-12-10-13-19-26)30-28(32)22-16-8-6-4-3-5-7-9-17-23-29(33)31-25(2)27-20-14-11-15-21-27/h24-27H,3-23H2,1-2H3,(H,30,32)(H,31,33)/t24-,25-/m0/s1. The van der Waals surface area contributed by atoms with Crippen LogP contribution in [0.25, 0.3) is 0 Å². The average molecular weight is 463 g/mol. The molecule has 2 aliphatic carbocycles. The quantitative estimate of drug-likeness (QED) is 0.234. The fraction of sp³-hybridized carbons (Fsp3) is 0.931. The highest BCUT2D eigenvalue weighted by molar-refractivity contribution is 5.76. The largest absolute Gasteiger partial charge is 0.353 e. The minimum absolute atomic E-state index is 0.255. The van der Waals surface area contributed by atoms with Crippen LogP contribution in [0.2, 0.25) is 0 Å². The third kappa shape index (κ3) is 12.8. The molecule has 0 radical (unpaired) electrons. The second-order valence-corrected chi connectivity index (χ2v) is 11.2. The lowest BCUT2D eigenvalue weighted by Crippen LogP contribution is -2.38. The number of rotatable bonds is 16. The minimum Gasteiger partial charge on any atom is -0.353 e. The molecule has 2 rings (SSSR count). The van der Waals surface area contributed by atoms with Crippen LogP contribution in [0.4, 0.5) is 0 Å². The fourth-order valence-electron chi connectivity index (χ4n) is 5.96. The summed E-state index contributed by atoms with van der Waals surface area (Å²) < 4.78 is 0. The van der Waals surface area contributed by atoms with Crippen LogP contribution in [-0.2, 0) is 9.59 Å². The molecule has 2 aliphatic rings. The molecule has 0 spiro atoms. The van der Waals surface area contributed by atoms with Crippen LogP contribution in [0.15, 0.2) is 0 Å². The summed E-state index contributed by atoms with van der Waals surface area (Å²) in [6, 6.07) is 0.702. The van der Waals surface area contributed by atoms with Crippen molar-refractivity contribution in [2.75, 3.05) is 0 Å². The summed E-state index contributed by atoms with van der Waals surface area (Å²) in [4.78, 5) is 24.4. The Kier molecular flexibility index (Phi) is 14.8. The topological polar surface area (TPSA) is 58.2 Å². The van der Waals surface area contributed by atoms with Crippen LogP contribution in [0, 0.1) is 11.8 Å². The molecular weight excluding hydrogens is 408 g/mol. The van der Waals surface area contributed by atoms with E-state index in [2.05, 4.69) is 24.5 Å². The van der Waals surface area contributed by atoms with Crippen molar-refractivity contribution in [1.29, 1.82) is 0 Å². The highest BCUT2D eigenvalue weighted by atomic mass is 16.2. The van der Waals surface area contributed by atoms with Crippen molar-refractivity contribution in [3.63, 3.8) is 0 Å². The summed E-state index contributed by atoms with van der Waals surface area (Å²) >= 11 is 0. The Balaban J connectivity index is 1.34. The van der Waals surface area contributed by atoms with Crippen molar-refractivity contribution >= 4 is 11.8 Å². The first-order chi connectivity index (χ1) is 16.1. The molecule has 4 heteroatoms. The number of amides is 2. The van der Waals surface area contributed by atoms with E-state index in [1.54, 1.807) is 0 Å². The number of hydrogen-bond acceptors (Lipinski definition) is 2. The molecule has 0 aromatic rings. The molecule has 0 aromatic carbocycles. The van der Waals surface area contributed by atoms with Gasteiger partial charge in [0.2, 0.25) is 11.8 Å². The van der Waals surface area contributed by atoms with Crippen molar-refractivity contribution in [1.82, 2.24) is 10.6 Å². The van der Waals surface area contributed by atoms with Gasteiger partial charge in [-0.25, -0.2) is 0 Å². The smallest absolute Gasteiger partial charge is 0.220 e. The van der Waals surface area contributed by atoms with E-state index < -0.39 is 0 Å². The van der Waals surface area contributed by atoms with Crippen LogP contribution in [0.5, 0.6) is 0 Å². The molecule has 2 fully saturated rings. The van der Waals surface area contributed by atoms with Gasteiger partial charge >= 0.3 is 0 Å². The first-order valence-electron chi connectivity index (χ1n) is 14.6. The molecule has 0 aromatic heterocycles. The van der Waals surface area contributed by atoms with E-state index in [0.717, 1.165) is 12.8 Å². The minimum atomic E-state index is 0.255. The Morgan fingerprint density at radius 3 is 1.18 bits per heavy atom. The maximum atomic E-state index is 12.2. The van der Waals surface area contributed by atoms with Crippen LogP contribution >= 0.6 is 0 Å². The van der Waals surface area contributed by atoms with Gasteiger partial charge in [-0.15, -0.1) is 0 Å². The van der Waals surface area contributed by atoms with Crippen LogP contribution < -0.4 is 10.6 Å². The summed E-state index contributed by atoms with van der Waals surface area (Å²) in [5.41, 5.74) is 0. The molecule has 2 amide bonds. The molecule has 0 bridgehead atoms. The molecule has 2 atom stereocenters. The molecular formula is C29H54N2O2. The molecule has 4 nitrogen and oxygen atoms in total. The summed E-state index contributed by atoms with van der Waals surface area (Å²) in [6.07, 6.45) is 25.3. The van der Waals surface area contributed by atoms with E-state index in [4.69, 9.17) is 0 Å². The van der Waals surface area contributed by atoms with Crippen molar-refractivity contribution in [2.24, 2.45) is 11.8 Å². The van der Waals surface area contributed by atoms with Gasteiger partial charge in [0, 0.05) is 24.9 Å². The Hall–Kier alpha value is -1.06. The molecule has 0 unspecified atom stereocenters. The van der Waals surface area contributed by atoms with Gasteiger partial charge in [0.1, 0.15) is 0 Å². The van der Waals surface area contributed by atoms with E-state index in [1.807, 2.05) is 0 Å². The highest BCUT2D eigenvalue weighted by Crippen LogP contribution is 2.27. The van der Waals surface area contributed by atoms with E-state index in [0.29, 0.717) is 36.8 Å². The molecule has 0 heterocycles. The monoisotopic (exact) mass is 462 g/mol. The predicted octanol–water partition coefficient (Wildman–Crippen LogP) is 7.45. The second-order valence-electron chi connectivity index (χ2n) is 11.2. The van der Waals surface area contributed by atoms with Crippen molar-refractivity contribution < 1.29 is 9.59 Å². The van der Waals surface area contributed by atoms with E-state index in [9.17, 15) is 9.59 Å². The third-order valence-corrected chi connectivity index (χ3v) is 8.30. The third-order valence-electron chi connectivity index (χ3n) is 8.30. The molecule has 2 saturated carbocycles. The molecule has 0 saturated heterocycles. The second kappa shape index (κ2) is 17.4. The number of nitrogens with one attached hydrogen (secondary N) is 2. The van der Waals surface area contributed by atoms with Crippen molar-refractivity contribution in [3.05, 3.63) is 0 Å². The maximum Gasteiger partial charge on any atom is 0.220 e. The first kappa shape index (κ1) is 28.2. The number of hydrogen-bond donors (Lipinski definition) is 2. The zero-order chi connectivity index (χ0) is 23.7. The number of carbonyl (C=O) groups excluding carboxylic acids is 2. The van der Waals surface area contributed by atoms with Gasteiger partial charge in [0.25, 0.3) is 0 Å². The molecule has 33 heavy (non-hydrogen) atoms. The van der Waals surface area contributed by atoms with E-state index in [-0.39, 0.29) is 11.8 Å². The van der Waals surface area contributed by atoms with Gasteiger partial charge in [-0.05, 0) is 64.2 Å². The zero-order valence-corrected chi connectivity index (χ0v) is 22.0. The van der Waals surface area contributed by atoms with Gasteiger partial charge in [0.15, 0.2) is 0 Å². The zero-order valence-electron chi connectivity index (χ0n) is 22.0. The van der Waals surface area contributed by atoms with E-state index in [1.165, 1.54) is 109 Å². The Bertz CT molecular complexity index is 478. The summed E-state index contributed by atoms with van der Waals surface area (Å²) in [6.45, 7) is 4.39. The van der Waals surface area contributed by atoms with Crippen molar-refractivity contribution in [2.45, 2.75) is 161 Å². The lowest BCUT2D eigenvalue weighted by atomic mass is 9.84. The summed E-state index contributed by atoms with van der Waals surface area (Å²) in [5, 5.41) is 6.50. The first-order valence-corrected chi connectivity index (χ1v) is 14.6. The van der Waals surface area contributed by atoms with E-state index >= 15 is 0 Å². The summed E-state index contributed by atoms with van der Waals surface area (Å²) in [5.74, 6) is 1.90. The van der Waals surface area contributed by atoms with Crippen molar-refractivity contribution in [3.8, 4) is 0 Å². The number of carbonyl (C=O) groups is 2. The molecule has 2 N–H and O–H groups in total. The predicted molar refractivity (Wildman–Crippen MR) is 139 cm³/mol. The Labute approximate surface area is 204 Å². The van der Waals surface area contributed by atoms with Crippen LogP contribution in [0.3, 0.4) is 0 Å². The Morgan fingerprint density at radius 1 is 0.545 bits per heavy atom. The van der Waals surface area contributed by atoms with Gasteiger partial charge in [0.05, 0.1) is 0 Å². The fourth-order valence-corrected chi connectivity index (χ4v) is 5.96. The van der Waals surface area contributed by atoms with Gasteiger partial charge < -0.3 is 10.6 Å². The molecule has 0 aliphatic heterocycles. The normalized spacial score (nSPS) is 19.7. The van der Waals surface area contributed by atoms with Gasteiger partial charge in [-0.2, -0.15) is 0 Å². The molecule has 192 valence electrons. The maximum absolute atomic E-state index is 12.2. The Morgan fingerprint density at radius 2 is 0.848 bits per heavy atom. The summed E-state index contributed by atoms with van der Waals surface area (Å²) in [7, 11) is 0. The lowest BCUT2D eigenvalue weighted by Gasteiger charge is -2.28. The van der Waals surface area contributed by atoms with Gasteiger partial charge in [-0.3, -0.25) is 9.59 Å². The lowest BCUT2D eigenvalue weighted by molar-refractivity contribution is -0.123. The van der Waals surface area contributed by atoms with Gasteiger partial charge in [-0.1, -0.05) is 83.5 Å².